The van der Waals surface area contributed by atoms with Crippen LogP contribution in [-0.2, 0) is 0 Å². The Labute approximate surface area is 190 Å². The van der Waals surface area contributed by atoms with Crippen LogP contribution >= 0.6 is 0 Å². The van der Waals surface area contributed by atoms with Crippen molar-refractivity contribution in [2.45, 2.75) is 25.2 Å². The lowest BCUT2D eigenvalue weighted by atomic mass is 9.76. The SMILES string of the molecule is N#Cc1ccc(OCCCN2CCC(C(c3ccccc3)c3ccccc3)CC2)cc1F. The summed E-state index contributed by atoms with van der Waals surface area (Å²) in [5.41, 5.74) is 2.85. The molecule has 0 spiro atoms. The number of nitriles is 1. The number of ether oxygens (including phenoxy) is 1. The van der Waals surface area contributed by atoms with Crippen LogP contribution in [0.15, 0.2) is 78.9 Å². The molecular formula is C28H29FN2O. The van der Waals surface area contributed by atoms with E-state index in [9.17, 15) is 4.39 Å². The predicted molar refractivity (Wildman–Crippen MR) is 125 cm³/mol. The van der Waals surface area contributed by atoms with Crippen LogP contribution in [0.2, 0.25) is 0 Å². The number of hydrogen-bond acceptors (Lipinski definition) is 3. The van der Waals surface area contributed by atoms with Crippen molar-refractivity contribution in [3.63, 3.8) is 0 Å². The van der Waals surface area contributed by atoms with Crippen LogP contribution in [0.5, 0.6) is 5.75 Å². The molecule has 1 heterocycles. The van der Waals surface area contributed by atoms with E-state index in [1.807, 2.05) is 6.07 Å². The van der Waals surface area contributed by atoms with Crippen LogP contribution in [0.25, 0.3) is 0 Å². The molecule has 0 atom stereocenters. The molecule has 3 aromatic rings. The largest absolute Gasteiger partial charge is 0.493 e. The third-order valence-corrected chi connectivity index (χ3v) is 6.37. The fraction of sp³-hybridized carbons (Fsp3) is 0.321. The summed E-state index contributed by atoms with van der Waals surface area (Å²) in [6.45, 7) is 3.70. The van der Waals surface area contributed by atoms with Gasteiger partial charge in [0.2, 0.25) is 0 Å². The van der Waals surface area contributed by atoms with Gasteiger partial charge in [0.25, 0.3) is 0 Å². The zero-order valence-corrected chi connectivity index (χ0v) is 18.3. The lowest BCUT2D eigenvalue weighted by molar-refractivity contribution is 0.163. The van der Waals surface area contributed by atoms with E-state index in [-0.39, 0.29) is 5.56 Å². The molecule has 1 aliphatic heterocycles. The van der Waals surface area contributed by atoms with Gasteiger partial charge in [0.1, 0.15) is 17.6 Å². The first-order valence-corrected chi connectivity index (χ1v) is 11.4. The first kappa shape index (κ1) is 22.0. The van der Waals surface area contributed by atoms with Gasteiger partial charge >= 0.3 is 0 Å². The summed E-state index contributed by atoms with van der Waals surface area (Å²) in [6, 6.07) is 28.0. The van der Waals surface area contributed by atoms with Crippen molar-refractivity contribution >= 4 is 0 Å². The molecule has 0 saturated carbocycles. The highest BCUT2D eigenvalue weighted by molar-refractivity contribution is 5.36. The van der Waals surface area contributed by atoms with Gasteiger partial charge in [0.05, 0.1) is 12.2 Å². The molecule has 0 aromatic heterocycles. The fourth-order valence-corrected chi connectivity index (χ4v) is 4.72. The molecule has 164 valence electrons. The van der Waals surface area contributed by atoms with Gasteiger partial charge in [0, 0.05) is 18.5 Å². The molecule has 3 aromatic carbocycles. The molecule has 0 N–H and O–H groups in total. The predicted octanol–water partition coefficient (Wildman–Crippen LogP) is 6.01. The summed E-state index contributed by atoms with van der Waals surface area (Å²) in [5, 5.41) is 8.81. The summed E-state index contributed by atoms with van der Waals surface area (Å²) >= 11 is 0. The Morgan fingerprint density at radius 2 is 1.56 bits per heavy atom. The van der Waals surface area contributed by atoms with Gasteiger partial charge in [-0.25, -0.2) is 4.39 Å². The molecule has 0 aliphatic carbocycles. The lowest BCUT2D eigenvalue weighted by Gasteiger charge is -2.36. The highest BCUT2D eigenvalue weighted by atomic mass is 19.1. The Morgan fingerprint density at radius 1 is 0.938 bits per heavy atom. The van der Waals surface area contributed by atoms with Gasteiger partial charge in [-0.05, 0) is 61.5 Å². The number of likely N-dealkylation sites (tertiary alicyclic amines) is 1. The maximum atomic E-state index is 13.7. The first-order chi connectivity index (χ1) is 15.7. The fourth-order valence-electron chi connectivity index (χ4n) is 4.72. The number of halogens is 1. The second kappa shape index (κ2) is 10.9. The summed E-state index contributed by atoms with van der Waals surface area (Å²) < 4.78 is 19.4. The summed E-state index contributed by atoms with van der Waals surface area (Å²) in [5.74, 6) is 1.02. The Bertz CT molecular complexity index is 985. The number of rotatable bonds is 8. The molecule has 4 heteroatoms. The van der Waals surface area contributed by atoms with E-state index in [0.717, 1.165) is 26.1 Å². The van der Waals surface area contributed by atoms with E-state index in [1.165, 1.54) is 36.1 Å². The minimum atomic E-state index is -0.529. The Balaban J connectivity index is 1.27. The van der Waals surface area contributed by atoms with Crippen LogP contribution in [0.1, 0.15) is 41.9 Å². The van der Waals surface area contributed by atoms with E-state index >= 15 is 0 Å². The Kier molecular flexibility index (Phi) is 7.53. The van der Waals surface area contributed by atoms with Crippen LogP contribution < -0.4 is 4.74 Å². The van der Waals surface area contributed by atoms with Gasteiger partial charge in [-0.15, -0.1) is 0 Å². The standard InChI is InChI=1S/C28H29FN2O/c29-27-20-26(13-12-25(27)21-30)32-19-7-16-31-17-14-24(15-18-31)28(22-8-3-1-4-9-22)23-10-5-2-6-11-23/h1-6,8-13,20,24,28H,7,14-19H2. The molecule has 1 fully saturated rings. The van der Waals surface area contributed by atoms with Crippen molar-refractivity contribution < 1.29 is 9.13 Å². The summed E-state index contributed by atoms with van der Waals surface area (Å²) in [6.07, 6.45) is 3.25. The van der Waals surface area contributed by atoms with E-state index in [0.29, 0.717) is 24.2 Å². The number of benzene rings is 3. The average Bonchev–Trinajstić information content (AvgIpc) is 2.84. The normalized spacial score (nSPS) is 14.9. The van der Waals surface area contributed by atoms with E-state index < -0.39 is 5.82 Å². The third-order valence-electron chi connectivity index (χ3n) is 6.37. The number of nitrogens with zero attached hydrogens (tertiary/aromatic N) is 2. The smallest absolute Gasteiger partial charge is 0.144 e. The van der Waals surface area contributed by atoms with Gasteiger partial charge in [-0.1, -0.05) is 60.7 Å². The van der Waals surface area contributed by atoms with Crippen molar-refractivity contribution in [1.82, 2.24) is 4.90 Å². The van der Waals surface area contributed by atoms with Gasteiger partial charge in [-0.3, -0.25) is 0 Å². The van der Waals surface area contributed by atoms with E-state index in [1.54, 1.807) is 6.07 Å². The highest BCUT2D eigenvalue weighted by Gasteiger charge is 2.28. The zero-order chi connectivity index (χ0) is 22.2. The third kappa shape index (κ3) is 5.55. The highest BCUT2D eigenvalue weighted by Crippen LogP contribution is 2.37. The van der Waals surface area contributed by atoms with E-state index in [2.05, 4.69) is 65.6 Å². The molecule has 0 unspecified atom stereocenters. The molecule has 0 radical (unpaired) electrons. The molecule has 1 saturated heterocycles. The first-order valence-electron chi connectivity index (χ1n) is 11.4. The molecule has 0 amide bonds. The van der Waals surface area contributed by atoms with Crippen molar-refractivity contribution in [1.29, 1.82) is 5.26 Å². The molecule has 3 nitrogen and oxygen atoms in total. The minimum absolute atomic E-state index is 0.0459. The molecular weight excluding hydrogens is 399 g/mol. The summed E-state index contributed by atoms with van der Waals surface area (Å²) in [4.78, 5) is 2.51. The topological polar surface area (TPSA) is 36.3 Å². The minimum Gasteiger partial charge on any atom is -0.493 e. The van der Waals surface area contributed by atoms with Crippen LogP contribution in [0, 0.1) is 23.1 Å². The Morgan fingerprint density at radius 3 is 2.12 bits per heavy atom. The van der Waals surface area contributed by atoms with Gasteiger partial charge in [-0.2, -0.15) is 5.26 Å². The number of piperidine rings is 1. The quantitative estimate of drug-likeness (QED) is 0.412. The van der Waals surface area contributed by atoms with Crippen molar-refractivity contribution in [3.05, 3.63) is 101 Å². The maximum Gasteiger partial charge on any atom is 0.144 e. The monoisotopic (exact) mass is 428 g/mol. The van der Waals surface area contributed by atoms with Crippen molar-refractivity contribution in [3.8, 4) is 11.8 Å². The molecule has 1 aliphatic rings. The van der Waals surface area contributed by atoms with Gasteiger partial charge < -0.3 is 9.64 Å². The number of hydrogen-bond donors (Lipinski definition) is 0. The summed E-state index contributed by atoms with van der Waals surface area (Å²) in [7, 11) is 0. The van der Waals surface area contributed by atoms with Gasteiger partial charge in [0.15, 0.2) is 0 Å². The van der Waals surface area contributed by atoms with Crippen molar-refractivity contribution in [2.24, 2.45) is 5.92 Å². The molecule has 4 rings (SSSR count). The zero-order valence-electron chi connectivity index (χ0n) is 18.3. The second-order valence-corrected chi connectivity index (χ2v) is 8.43. The lowest BCUT2D eigenvalue weighted by Crippen LogP contribution is -2.36. The Hall–Kier alpha value is -3.16. The molecule has 32 heavy (non-hydrogen) atoms. The average molecular weight is 429 g/mol. The van der Waals surface area contributed by atoms with Crippen LogP contribution in [0.3, 0.4) is 0 Å². The maximum absolute atomic E-state index is 13.7. The van der Waals surface area contributed by atoms with Crippen LogP contribution in [-0.4, -0.2) is 31.1 Å². The molecule has 0 bridgehead atoms. The van der Waals surface area contributed by atoms with E-state index in [4.69, 9.17) is 10.00 Å². The van der Waals surface area contributed by atoms with Crippen LogP contribution in [0.4, 0.5) is 4.39 Å². The van der Waals surface area contributed by atoms with Crippen molar-refractivity contribution in [2.75, 3.05) is 26.2 Å². The second-order valence-electron chi connectivity index (χ2n) is 8.43.